The van der Waals surface area contributed by atoms with Crippen LogP contribution in [0.4, 0.5) is 0 Å². The van der Waals surface area contributed by atoms with Crippen LogP contribution in [0.5, 0.6) is 0 Å². The lowest BCUT2D eigenvalue weighted by Crippen LogP contribution is -2.13. The minimum absolute atomic E-state index is 0.205. The van der Waals surface area contributed by atoms with Gasteiger partial charge in [-0.2, -0.15) is 24.4 Å². The second-order valence-electron chi connectivity index (χ2n) is 3.57. The molecular weight excluding hydrogens is 172 g/mol. The summed E-state index contributed by atoms with van der Waals surface area (Å²) >= 11 is 6.48. The van der Waals surface area contributed by atoms with E-state index in [1.807, 2.05) is 11.8 Å². The van der Waals surface area contributed by atoms with Crippen molar-refractivity contribution in [1.82, 2.24) is 0 Å². The van der Waals surface area contributed by atoms with Crippen LogP contribution in [0.3, 0.4) is 0 Å². The van der Waals surface area contributed by atoms with Crippen molar-refractivity contribution >= 4 is 24.4 Å². The van der Waals surface area contributed by atoms with E-state index < -0.39 is 0 Å². The molecule has 0 saturated carbocycles. The van der Waals surface area contributed by atoms with Crippen molar-refractivity contribution in [2.24, 2.45) is 0 Å². The minimum Gasteiger partial charge on any atom is -0.172 e. The third kappa shape index (κ3) is 10.7. The van der Waals surface area contributed by atoms with Gasteiger partial charge in [0.25, 0.3) is 0 Å². The zero-order chi connectivity index (χ0) is 8.74. The molecule has 0 aromatic carbocycles. The Morgan fingerprint density at radius 2 is 1.91 bits per heavy atom. The van der Waals surface area contributed by atoms with Gasteiger partial charge in [-0.15, -0.1) is 0 Å². The van der Waals surface area contributed by atoms with Gasteiger partial charge in [-0.3, -0.25) is 0 Å². The number of rotatable bonds is 6. The lowest BCUT2D eigenvalue weighted by Gasteiger charge is -2.15. The molecule has 0 spiro atoms. The van der Waals surface area contributed by atoms with E-state index in [0.717, 1.165) is 0 Å². The Morgan fingerprint density at radius 1 is 1.27 bits per heavy atom. The maximum Gasteiger partial charge on any atom is 0.0163 e. The molecule has 11 heavy (non-hydrogen) atoms. The van der Waals surface area contributed by atoms with Crippen LogP contribution < -0.4 is 0 Å². The quantitative estimate of drug-likeness (QED) is 0.495. The van der Waals surface area contributed by atoms with Crippen molar-refractivity contribution in [2.45, 2.75) is 44.8 Å². The molecule has 0 N–H and O–H groups in total. The Morgan fingerprint density at radius 3 is 2.36 bits per heavy atom. The molecule has 0 aliphatic carbocycles. The first-order chi connectivity index (χ1) is 5.06. The monoisotopic (exact) mass is 192 g/mol. The highest BCUT2D eigenvalue weighted by molar-refractivity contribution is 8.00. The number of thiol groups is 1. The molecular formula is C9H20S2. The van der Waals surface area contributed by atoms with Crippen LogP contribution in [0.15, 0.2) is 0 Å². The molecule has 68 valence electrons. The second-order valence-corrected chi connectivity index (χ2v) is 5.89. The van der Waals surface area contributed by atoms with Gasteiger partial charge in [0.05, 0.1) is 0 Å². The number of thioether (sulfide) groups is 1. The minimum atomic E-state index is 0.205. The average Bonchev–Trinajstić information content (AvgIpc) is 1.85. The predicted molar refractivity (Wildman–Crippen MR) is 59.9 cm³/mol. The van der Waals surface area contributed by atoms with E-state index in [0.29, 0.717) is 0 Å². The molecule has 0 nitrogen and oxygen atoms in total. The number of hydrogen-bond donors (Lipinski definition) is 1. The Bertz CT molecular complexity index is 84.1. The van der Waals surface area contributed by atoms with Crippen LogP contribution in [0.25, 0.3) is 0 Å². The highest BCUT2D eigenvalue weighted by atomic mass is 32.2. The smallest absolute Gasteiger partial charge is 0.0163 e. The molecule has 0 radical (unpaired) electrons. The van der Waals surface area contributed by atoms with E-state index >= 15 is 0 Å². The van der Waals surface area contributed by atoms with Gasteiger partial charge in [0, 0.05) is 10.5 Å². The van der Waals surface area contributed by atoms with Crippen LogP contribution in [0, 0.1) is 0 Å². The summed E-state index contributed by atoms with van der Waals surface area (Å²) in [5.74, 6) is 2.47. The Hall–Kier alpha value is 0.700. The fourth-order valence-electron chi connectivity index (χ4n) is 0.776. The van der Waals surface area contributed by atoms with Crippen LogP contribution in [0.2, 0.25) is 0 Å². The van der Waals surface area contributed by atoms with Gasteiger partial charge in [0.15, 0.2) is 0 Å². The van der Waals surface area contributed by atoms with Gasteiger partial charge in [-0.25, -0.2) is 0 Å². The first-order valence-corrected chi connectivity index (χ1v) is 5.96. The maximum atomic E-state index is 4.46. The van der Waals surface area contributed by atoms with Crippen molar-refractivity contribution in [3.05, 3.63) is 0 Å². The third-order valence-electron chi connectivity index (χ3n) is 1.35. The van der Waals surface area contributed by atoms with Crippen molar-refractivity contribution in [3.63, 3.8) is 0 Å². The molecule has 0 fully saturated rings. The lowest BCUT2D eigenvalue weighted by molar-refractivity contribution is 0.774. The largest absolute Gasteiger partial charge is 0.172 e. The molecule has 0 amide bonds. The number of unbranched alkanes of at least 4 members (excludes halogenated alkanes) is 2. The first kappa shape index (κ1) is 11.7. The van der Waals surface area contributed by atoms with Crippen LogP contribution in [-0.4, -0.2) is 16.3 Å². The van der Waals surface area contributed by atoms with Gasteiger partial charge in [0.1, 0.15) is 0 Å². The van der Waals surface area contributed by atoms with E-state index in [-0.39, 0.29) is 4.75 Å². The van der Waals surface area contributed by atoms with E-state index in [1.165, 1.54) is 30.8 Å². The Labute approximate surface area is 80.9 Å². The highest BCUT2D eigenvalue weighted by Gasteiger charge is 2.09. The summed E-state index contributed by atoms with van der Waals surface area (Å²) in [6, 6.07) is 0. The number of hydrogen-bond acceptors (Lipinski definition) is 2. The molecule has 0 aliphatic rings. The zero-order valence-corrected chi connectivity index (χ0v) is 9.60. The molecule has 0 aromatic heterocycles. The predicted octanol–water partition coefficient (Wildman–Crippen LogP) is 3.62. The zero-order valence-electron chi connectivity index (χ0n) is 7.89. The summed E-state index contributed by atoms with van der Waals surface area (Å²) in [6.45, 7) is 6.58. The first-order valence-electron chi connectivity index (χ1n) is 4.36. The summed E-state index contributed by atoms with van der Waals surface area (Å²) in [6.07, 6.45) is 4.07. The summed E-state index contributed by atoms with van der Waals surface area (Å²) in [7, 11) is 0. The third-order valence-corrected chi connectivity index (χ3v) is 3.22. The molecule has 0 heterocycles. The van der Waals surface area contributed by atoms with Crippen LogP contribution in [0.1, 0.15) is 40.0 Å². The van der Waals surface area contributed by atoms with Crippen molar-refractivity contribution < 1.29 is 0 Å². The van der Waals surface area contributed by atoms with Gasteiger partial charge in [-0.05, 0) is 12.2 Å². The summed E-state index contributed by atoms with van der Waals surface area (Å²) < 4.78 is 0.205. The fourth-order valence-corrected chi connectivity index (χ4v) is 2.10. The topological polar surface area (TPSA) is 0 Å². The van der Waals surface area contributed by atoms with Gasteiger partial charge < -0.3 is 0 Å². The molecule has 0 bridgehead atoms. The fraction of sp³-hybridized carbons (Fsp3) is 1.00. The summed E-state index contributed by atoms with van der Waals surface area (Å²) in [5.41, 5.74) is 0. The van der Waals surface area contributed by atoms with E-state index in [2.05, 4.69) is 33.4 Å². The van der Waals surface area contributed by atoms with E-state index in [1.54, 1.807) is 0 Å². The average molecular weight is 192 g/mol. The van der Waals surface area contributed by atoms with Gasteiger partial charge in [-0.1, -0.05) is 33.6 Å². The van der Waals surface area contributed by atoms with Gasteiger partial charge >= 0.3 is 0 Å². The Balaban J connectivity index is 3.02. The molecule has 0 atom stereocenters. The summed E-state index contributed by atoms with van der Waals surface area (Å²) in [4.78, 5) is 0. The maximum absolute atomic E-state index is 4.46. The standard InChI is InChI=1S/C9H20S2/c1-4-5-6-7-11-8-9(2,3)10/h10H,4-8H2,1-3H3. The molecule has 0 saturated heterocycles. The molecule has 0 unspecified atom stereocenters. The van der Waals surface area contributed by atoms with E-state index in [4.69, 9.17) is 0 Å². The van der Waals surface area contributed by atoms with E-state index in [9.17, 15) is 0 Å². The lowest BCUT2D eigenvalue weighted by atomic mass is 10.2. The molecule has 2 heteroatoms. The van der Waals surface area contributed by atoms with Crippen LogP contribution in [-0.2, 0) is 0 Å². The summed E-state index contributed by atoms with van der Waals surface area (Å²) in [5, 5.41) is 0. The molecule has 0 aliphatic heterocycles. The normalized spacial score (nSPS) is 12.0. The van der Waals surface area contributed by atoms with Crippen molar-refractivity contribution in [1.29, 1.82) is 0 Å². The van der Waals surface area contributed by atoms with Crippen molar-refractivity contribution in [2.75, 3.05) is 11.5 Å². The van der Waals surface area contributed by atoms with Crippen LogP contribution >= 0.6 is 24.4 Å². The molecule has 0 aromatic rings. The second kappa shape index (κ2) is 6.24. The van der Waals surface area contributed by atoms with Gasteiger partial charge in [0.2, 0.25) is 0 Å². The Kier molecular flexibility index (Phi) is 6.64. The highest BCUT2D eigenvalue weighted by Crippen LogP contribution is 2.19. The van der Waals surface area contributed by atoms with Crippen molar-refractivity contribution in [3.8, 4) is 0 Å². The molecule has 0 rings (SSSR count). The SMILES string of the molecule is CCCCCSCC(C)(C)S.